The van der Waals surface area contributed by atoms with Gasteiger partial charge in [-0.25, -0.2) is 9.18 Å². The second-order valence-corrected chi connectivity index (χ2v) is 4.33. The fraction of sp³-hybridized carbons (Fsp3) is 0. The van der Waals surface area contributed by atoms with Crippen molar-refractivity contribution in [2.45, 2.75) is 0 Å². The Bertz CT molecular complexity index is 820. The number of phenols is 1. The Morgan fingerprint density at radius 3 is 2.60 bits per heavy atom. The second kappa shape index (κ2) is 4.38. The van der Waals surface area contributed by atoms with E-state index in [1.54, 1.807) is 6.07 Å². The number of carboxylic acids is 1. The predicted octanol–water partition coefficient (Wildman–Crippen LogP) is 3.64. The van der Waals surface area contributed by atoms with Gasteiger partial charge in [0.2, 0.25) is 0 Å². The van der Waals surface area contributed by atoms with E-state index in [9.17, 15) is 14.3 Å². The van der Waals surface area contributed by atoms with Gasteiger partial charge < -0.3 is 14.6 Å². The van der Waals surface area contributed by atoms with Crippen LogP contribution < -0.4 is 0 Å². The molecule has 0 spiro atoms. The molecule has 2 aromatic carbocycles. The Hall–Kier alpha value is -2.82. The molecule has 0 aliphatic rings. The lowest BCUT2D eigenvalue weighted by molar-refractivity contribution is 0.0696. The highest BCUT2D eigenvalue weighted by Gasteiger charge is 2.13. The predicted molar refractivity (Wildman–Crippen MR) is 70.2 cm³/mol. The van der Waals surface area contributed by atoms with E-state index in [0.717, 1.165) is 6.07 Å². The van der Waals surface area contributed by atoms with Crippen molar-refractivity contribution in [1.82, 2.24) is 0 Å². The molecular weight excluding hydrogens is 263 g/mol. The monoisotopic (exact) mass is 272 g/mol. The minimum atomic E-state index is -1.13. The zero-order valence-electron chi connectivity index (χ0n) is 10.1. The largest absolute Gasteiger partial charge is 0.507 e. The zero-order chi connectivity index (χ0) is 14.3. The molecule has 100 valence electrons. The third-order valence-corrected chi connectivity index (χ3v) is 2.99. The van der Waals surface area contributed by atoms with Gasteiger partial charge in [-0.05, 0) is 42.5 Å². The molecule has 0 aliphatic carbocycles. The molecule has 0 fully saturated rings. The molecule has 1 heterocycles. The van der Waals surface area contributed by atoms with Crippen molar-refractivity contribution in [3.8, 4) is 17.1 Å². The van der Waals surface area contributed by atoms with Crippen molar-refractivity contribution in [3.05, 3.63) is 53.8 Å². The average molecular weight is 272 g/mol. The van der Waals surface area contributed by atoms with Crippen LogP contribution in [-0.2, 0) is 0 Å². The molecule has 3 aromatic rings. The number of aromatic hydroxyl groups is 1. The lowest BCUT2D eigenvalue weighted by Gasteiger charge is -2.02. The molecule has 0 atom stereocenters. The summed E-state index contributed by atoms with van der Waals surface area (Å²) in [6.45, 7) is 0. The van der Waals surface area contributed by atoms with E-state index in [1.165, 1.54) is 30.3 Å². The molecule has 4 nitrogen and oxygen atoms in total. The maximum absolute atomic E-state index is 13.1. The molecule has 0 saturated carbocycles. The van der Waals surface area contributed by atoms with Crippen LogP contribution in [0.1, 0.15) is 10.4 Å². The summed E-state index contributed by atoms with van der Waals surface area (Å²) in [4.78, 5) is 10.8. The fourth-order valence-electron chi connectivity index (χ4n) is 2.02. The molecule has 1 aromatic heterocycles. The van der Waals surface area contributed by atoms with E-state index in [4.69, 9.17) is 9.52 Å². The number of halogens is 1. The van der Waals surface area contributed by atoms with E-state index in [0.29, 0.717) is 22.3 Å². The third kappa shape index (κ3) is 1.99. The van der Waals surface area contributed by atoms with E-state index in [-0.39, 0.29) is 17.1 Å². The molecular formula is C15H9FO4. The SMILES string of the molecule is O=C(O)c1ccc(-c2cc3cc(F)ccc3o2)c(O)c1. The summed E-state index contributed by atoms with van der Waals surface area (Å²) >= 11 is 0. The van der Waals surface area contributed by atoms with Crippen molar-refractivity contribution < 1.29 is 23.8 Å². The quantitative estimate of drug-likeness (QED) is 0.747. The number of phenolic OH excluding ortho intramolecular Hbond substituents is 1. The molecule has 0 unspecified atom stereocenters. The smallest absolute Gasteiger partial charge is 0.335 e. The zero-order valence-corrected chi connectivity index (χ0v) is 10.1. The molecule has 0 aliphatic heterocycles. The Balaban J connectivity index is 2.13. The molecule has 5 heteroatoms. The normalized spacial score (nSPS) is 10.8. The van der Waals surface area contributed by atoms with Crippen molar-refractivity contribution in [1.29, 1.82) is 0 Å². The van der Waals surface area contributed by atoms with E-state index >= 15 is 0 Å². The summed E-state index contributed by atoms with van der Waals surface area (Å²) in [7, 11) is 0. The Kier molecular flexibility index (Phi) is 2.68. The number of hydrogen-bond donors (Lipinski definition) is 2. The maximum Gasteiger partial charge on any atom is 0.335 e. The first kappa shape index (κ1) is 12.2. The summed E-state index contributed by atoms with van der Waals surface area (Å²) in [5, 5.41) is 19.3. The van der Waals surface area contributed by atoms with E-state index in [2.05, 4.69) is 0 Å². The number of benzene rings is 2. The molecule has 2 N–H and O–H groups in total. The van der Waals surface area contributed by atoms with E-state index in [1.807, 2.05) is 0 Å². The number of furan rings is 1. The van der Waals surface area contributed by atoms with Crippen molar-refractivity contribution in [2.24, 2.45) is 0 Å². The van der Waals surface area contributed by atoms with Gasteiger partial charge in [0.25, 0.3) is 0 Å². The minimum absolute atomic E-state index is 0.0200. The second-order valence-electron chi connectivity index (χ2n) is 4.33. The third-order valence-electron chi connectivity index (χ3n) is 2.99. The van der Waals surface area contributed by atoms with Crippen LogP contribution in [0.4, 0.5) is 4.39 Å². The highest BCUT2D eigenvalue weighted by molar-refractivity contribution is 5.90. The first-order chi connectivity index (χ1) is 9.54. The maximum atomic E-state index is 13.1. The fourth-order valence-corrected chi connectivity index (χ4v) is 2.02. The van der Waals surface area contributed by atoms with Crippen LogP contribution in [0.2, 0.25) is 0 Å². The van der Waals surface area contributed by atoms with Gasteiger partial charge in [0.15, 0.2) is 0 Å². The molecule has 0 saturated heterocycles. The van der Waals surface area contributed by atoms with Crippen molar-refractivity contribution in [3.63, 3.8) is 0 Å². The van der Waals surface area contributed by atoms with Crippen LogP contribution in [0.25, 0.3) is 22.3 Å². The number of carbonyl (C=O) groups is 1. The number of hydrogen-bond acceptors (Lipinski definition) is 3. The topological polar surface area (TPSA) is 70.7 Å². The molecule has 20 heavy (non-hydrogen) atoms. The van der Waals surface area contributed by atoms with Gasteiger partial charge in [-0.1, -0.05) is 0 Å². The number of carboxylic acid groups (broad SMARTS) is 1. The summed E-state index contributed by atoms with van der Waals surface area (Å²) in [5.41, 5.74) is 0.822. The Morgan fingerprint density at radius 1 is 1.10 bits per heavy atom. The number of rotatable bonds is 2. The molecule has 3 rings (SSSR count). The highest BCUT2D eigenvalue weighted by atomic mass is 19.1. The number of aromatic carboxylic acids is 1. The van der Waals surface area contributed by atoms with E-state index < -0.39 is 5.97 Å². The summed E-state index contributed by atoms with van der Waals surface area (Å²) in [5.74, 6) is -1.36. The van der Waals surface area contributed by atoms with Crippen LogP contribution in [0, 0.1) is 5.82 Å². The van der Waals surface area contributed by atoms with Gasteiger partial charge in [-0.3, -0.25) is 0 Å². The van der Waals surface area contributed by atoms with Crippen molar-refractivity contribution >= 4 is 16.9 Å². The number of fused-ring (bicyclic) bond motifs is 1. The van der Waals surface area contributed by atoms with Gasteiger partial charge in [-0.2, -0.15) is 0 Å². The molecule has 0 amide bonds. The summed E-state index contributed by atoms with van der Waals surface area (Å²) < 4.78 is 18.6. The lowest BCUT2D eigenvalue weighted by atomic mass is 10.1. The van der Waals surface area contributed by atoms with Gasteiger partial charge in [-0.15, -0.1) is 0 Å². The van der Waals surface area contributed by atoms with Crippen LogP contribution in [0.3, 0.4) is 0 Å². The Labute approximate surface area is 112 Å². The summed E-state index contributed by atoms with van der Waals surface area (Å²) in [6, 6.07) is 9.65. The van der Waals surface area contributed by atoms with Gasteiger partial charge in [0, 0.05) is 5.39 Å². The Morgan fingerprint density at radius 2 is 1.90 bits per heavy atom. The van der Waals surface area contributed by atoms with Crippen LogP contribution in [-0.4, -0.2) is 16.2 Å². The standard InChI is InChI=1S/C15H9FO4/c16-10-2-4-13-9(5-10)7-14(20-13)11-3-1-8(15(18)19)6-12(11)17/h1-7,17H,(H,18,19). The van der Waals surface area contributed by atoms with Crippen LogP contribution in [0.5, 0.6) is 5.75 Å². The highest BCUT2D eigenvalue weighted by Crippen LogP contribution is 2.34. The summed E-state index contributed by atoms with van der Waals surface area (Å²) in [6.07, 6.45) is 0. The average Bonchev–Trinajstić information content (AvgIpc) is 2.80. The molecule has 0 radical (unpaired) electrons. The lowest BCUT2D eigenvalue weighted by Crippen LogP contribution is -1.95. The molecule has 0 bridgehead atoms. The van der Waals surface area contributed by atoms with Gasteiger partial charge in [0.05, 0.1) is 11.1 Å². The van der Waals surface area contributed by atoms with Gasteiger partial charge >= 0.3 is 5.97 Å². The van der Waals surface area contributed by atoms with Crippen molar-refractivity contribution in [2.75, 3.05) is 0 Å². The first-order valence-electron chi connectivity index (χ1n) is 5.80. The first-order valence-corrected chi connectivity index (χ1v) is 5.80. The van der Waals surface area contributed by atoms with Crippen LogP contribution in [0.15, 0.2) is 46.9 Å². The minimum Gasteiger partial charge on any atom is -0.507 e. The van der Waals surface area contributed by atoms with Gasteiger partial charge in [0.1, 0.15) is 22.9 Å². The van der Waals surface area contributed by atoms with Crippen LogP contribution >= 0.6 is 0 Å².